The Balaban J connectivity index is 1.87. The molecule has 0 fully saturated rings. The van der Waals surface area contributed by atoms with E-state index < -0.39 is 4.92 Å². The number of non-ortho nitro benzene ring substituents is 1. The average Bonchev–Trinajstić information content (AvgIpc) is 2.98. The lowest BCUT2D eigenvalue weighted by molar-refractivity contribution is -0.384. The van der Waals surface area contributed by atoms with E-state index in [4.69, 9.17) is 0 Å². The molecule has 0 bridgehead atoms. The van der Waals surface area contributed by atoms with Crippen LogP contribution in [0, 0.1) is 21.4 Å². The maximum Gasteiger partial charge on any atom is 0.269 e. The van der Waals surface area contributed by atoms with Crippen molar-refractivity contribution < 1.29 is 4.92 Å². The first-order valence-electron chi connectivity index (χ1n) is 6.92. The van der Waals surface area contributed by atoms with Crippen LogP contribution in [0.25, 0.3) is 17.1 Å². The number of imidazole rings is 1. The quantitative estimate of drug-likeness (QED) is 0.419. The summed E-state index contributed by atoms with van der Waals surface area (Å²) >= 11 is 0. The summed E-state index contributed by atoms with van der Waals surface area (Å²) in [5.41, 5.74) is 3.15. The van der Waals surface area contributed by atoms with E-state index >= 15 is 0 Å². The lowest BCUT2D eigenvalue weighted by Crippen LogP contribution is -1.98. The van der Waals surface area contributed by atoms with E-state index in [0.29, 0.717) is 12.1 Å². The van der Waals surface area contributed by atoms with E-state index in [1.807, 2.05) is 28.8 Å². The number of nitro groups is 1. The molecule has 0 saturated heterocycles. The standard InChI is InChI=1S/C17H12N4O2/c18-10-14(9-13-5-7-15(8-6-13)21(22)23)11-20-12-19-16-3-1-2-4-17(16)20/h1-9,12H,11H2/b14-9-. The summed E-state index contributed by atoms with van der Waals surface area (Å²) < 4.78 is 1.90. The highest BCUT2D eigenvalue weighted by Crippen LogP contribution is 2.17. The normalized spacial score (nSPS) is 11.3. The number of hydrogen-bond acceptors (Lipinski definition) is 4. The van der Waals surface area contributed by atoms with Crippen molar-refractivity contribution >= 4 is 22.8 Å². The van der Waals surface area contributed by atoms with Gasteiger partial charge in [0.15, 0.2) is 0 Å². The first kappa shape index (κ1) is 14.5. The Labute approximate surface area is 132 Å². The van der Waals surface area contributed by atoms with Gasteiger partial charge in [-0.3, -0.25) is 10.1 Å². The van der Waals surface area contributed by atoms with Gasteiger partial charge in [-0.05, 0) is 35.9 Å². The first-order chi connectivity index (χ1) is 11.2. The van der Waals surface area contributed by atoms with Gasteiger partial charge in [-0.25, -0.2) is 4.98 Å². The summed E-state index contributed by atoms with van der Waals surface area (Å²) in [5, 5.41) is 20.0. The third-order valence-electron chi connectivity index (χ3n) is 3.46. The summed E-state index contributed by atoms with van der Waals surface area (Å²) in [4.78, 5) is 14.5. The molecule has 0 aliphatic carbocycles. The van der Waals surface area contributed by atoms with Crippen molar-refractivity contribution in [2.45, 2.75) is 6.54 Å². The molecule has 23 heavy (non-hydrogen) atoms. The highest BCUT2D eigenvalue weighted by Gasteiger charge is 2.06. The van der Waals surface area contributed by atoms with Crippen molar-refractivity contribution in [2.24, 2.45) is 0 Å². The van der Waals surface area contributed by atoms with E-state index in [-0.39, 0.29) is 5.69 Å². The first-order valence-corrected chi connectivity index (χ1v) is 6.92. The number of hydrogen-bond donors (Lipinski definition) is 0. The maximum absolute atomic E-state index is 10.7. The zero-order valence-corrected chi connectivity index (χ0v) is 12.1. The van der Waals surface area contributed by atoms with Gasteiger partial charge >= 0.3 is 0 Å². The Kier molecular flexibility index (Phi) is 3.85. The van der Waals surface area contributed by atoms with Crippen LogP contribution in [-0.4, -0.2) is 14.5 Å². The van der Waals surface area contributed by atoms with Crippen LogP contribution in [0.5, 0.6) is 0 Å². The summed E-state index contributed by atoms with van der Waals surface area (Å²) in [5.74, 6) is 0. The molecule has 1 aromatic heterocycles. The number of nitriles is 1. The molecular weight excluding hydrogens is 292 g/mol. The topological polar surface area (TPSA) is 84.7 Å². The smallest absolute Gasteiger partial charge is 0.269 e. The Bertz CT molecular complexity index is 933. The maximum atomic E-state index is 10.7. The van der Waals surface area contributed by atoms with Crippen molar-refractivity contribution in [1.29, 1.82) is 5.26 Å². The van der Waals surface area contributed by atoms with Gasteiger partial charge in [0, 0.05) is 17.7 Å². The van der Waals surface area contributed by atoms with E-state index in [2.05, 4.69) is 11.1 Å². The highest BCUT2D eigenvalue weighted by atomic mass is 16.6. The van der Waals surface area contributed by atoms with Crippen LogP contribution in [0.3, 0.4) is 0 Å². The van der Waals surface area contributed by atoms with Crippen LogP contribution in [0.4, 0.5) is 5.69 Å². The van der Waals surface area contributed by atoms with Gasteiger partial charge in [0.25, 0.3) is 5.69 Å². The Morgan fingerprint density at radius 2 is 2.00 bits per heavy atom. The molecule has 0 aliphatic rings. The summed E-state index contributed by atoms with van der Waals surface area (Å²) in [6.45, 7) is 0.397. The molecule has 6 nitrogen and oxygen atoms in total. The van der Waals surface area contributed by atoms with Gasteiger partial charge < -0.3 is 4.57 Å². The van der Waals surface area contributed by atoms with Gasteiger partial charge in [0.2, 0.25) is 0 Å². The number of fused-ring (bicyclic) bond motifs is 1. The molecule has 0 unspecified atom stereocenters. The minimum absolute atomic E-state index is 0.0289. The van der Waals surface area contributed by atoms with Gasteiger partial charge in [0.1, 0.15) is 0 Å². The van der Waals surface area contributed by atoms with Crippen molar-refractivity contribution in [3.8, 4) is 6.07 Å². The number of nitro benzene ring substituents is 1. The molecule has 0 atom stereocenters. The number of para-hydroxylation sites is 2. The molecule has 1 heterocycles. The number of aromatic nitrogens is 2. The SMILES string of the molecule is N#C/C(=C/c1ccc([N+](=O)[O-])cc1)Cn1cnc2ccccc21. The molecule has 0 radical (unpaired) electrons. The van der Waals surface area contributed by atoms with Gasteiger partial charge in [-0.2, -0.15) is 5.26 Å². The predicted octanol–water partition coefficient (Wildman–Crippen LogP) is 3.55. The van der Waals surface area contributed by atoms with Gasteiger partial charge in [-0.15, -0.1) is 0 Å². The minimum atomic E-state index is -0.448. The molecule has 2 aromatic carbocycles. The van der Waals surface area contributed by atoms with Crippen LogP contribution in [0.15, 0.2) is 60.4 Å². The second-order valence-electron chi connectivity index (χ2n) is 4.99. The monoisotopic (exact) mass is 304 g/mol. The third kappa shape index (κ3) is 3.09. The number of benzene rings is 2. The molecule has 0 amide bonds. The summed E-state index contributed by atoms with van der Waals surface area (Å²) in [7, 11) is 0. The van der Waals surface area contributed by atoms with Crippen molar-refractivity contribution in [2.75, 3.05) is 0 Å². The van der Waals surface area contributed by atoms with Crippen molar-refractivity contribution in [3.63, 3.8) is 0 Å². The van der Waals surface area contributed by atoms with Crippen LogP contribution < -0.4 is 0 Å². The average molecular weight is 304 g/mol. The van der Waals surface area contributed by atoms with Crippen molar-refractivity contribution in [1.82, 2.24) is 9.55 Å². The summed E-state index contributed by atoms with van der Waals surface area (Å²) in [6, 6.07) is 16.0. The second kappa shape index (κ2) is 6.12. The van der Waals surface area contributed by atoms with Crippen LogP contribution in [0.2, 0.25) is 0 Å². The van der Waals surface area contributed by atoms with E-state index in [1.54, 1.807) is 24.5 Å². The Hall–Kier alpha value is -3.46. The summed E-state index contributed by atoms with van der Waals surface area (Å²) in [6.07, 6.45) is 3.42. The van der Waals surface area contributed by atoms with E-state index in [0.717, 1.165) is 16.6 Å². The van der Waals surface area contributed by atoms with Crippen molar-refractivity contribution in [3.05, 3.63) is 76.1 Å². The van der Waals surface area contributed by atoms with Crippen LogP contribution in [-0.2, 0) is 6.54 Å². The minimum Gasteiger partial charge on any atom is -0.325 e. The van der Waals surface area contributed by atoms with Gasteiger partial charge in [0.05, 0.1) is 34.9 Å². The fraction of sp³-hybridized carbons (Fsp3) is 0.0588. The molecule has 0 aliphatic heterocycles. The lowest BCUT2D eigenvalue weighted by atomic mass is 10.1. The van der Waals surface area contributed by atoms with Crippen LogP contribution in [0.1, 0.15) is 5.56 Å². The zero-order valence-electron chi connectivity index (χ0n) is 12.1. The predicted molar refractivity (Wildman–Crippen MR) is 86.4 cm³/mol. The fourth-order valence-electron chi connectivity index (χ4n) is 2.33. The molecule has 112 valence electrons. The van der Waals surface area contributed by atoms with Crippen LogP contribution >= 0.6 is 0 Å². The van der Waals surface area contributed by atoms with E-state index in [9.17, 15) is 15.4 Å². The fourth-order valence-corrected chi connectivity index (χ4v) is 2.33. The molecule has 0 saturated carbocycles. The number of rotatable bonds is 4. The Morgan fingerprint density at radius 1 is 1.26 bits per heavy atom. The van der Waals surface area contributed by atoms with E-state index in [1.165, 1.54) is 12.1 Å². The largest absolute Gasteiger partial charge is 0.325 e. The highest BCUT2D eigenvalue weighted by molar-refractivity contribution is 5.75. The number of allylic oxidation sites excluding steroid dienone is 1. The molecular formula is C17H12N4O2. The third-order valence-corrected chi connectivity index (χ3v) is 3.46. The molecule has 0 N–H and O–H groups in total. The molecule has 0 spiro atoms. The second-order valence-corrected chi connectivity index (χ2v) is 4.99. The molecule has 6 heteroatoms. The zero-order chi connectivity index (χ0) is 16.2. The number of nitrogens with zero attached hydrogens (tertiary/aromatic N) is 4. The molecule has 3 rings (SSSR count). The van der Waals surface area contributed by atoms with Gasteiger partial charge in [-0.1, -0.05) is 12.1 Å². The lowest BCUT2D eigenvalue weighted by Gasteiger charge is -2.03. The molecule has 3 aromatic rings. The Morgan fingerprint density at radius 3 is 2.70 bits per heavy atom.